The van der Waals surface area contributed by atoms with Crippen molar-refractivity contribution in [1.82, 2.24) is 9.80 Å². The molecule has 0 aromatic carbocycles. The van der Waals surface area contributed by atoms with E-state index in [9.17, 15) is 9.59 Å². The minimum Gasteiger partial charge on any atom is -0.341 e. The Labute approximate surface area is 137 Å². The summed E-state index contributed by atoms with van der Waals surface area (Å²) in [5, 5.41) is 3.70. The summed E-state index contributed by atoms with van der Waals surface area (Å²) in [6.45, 7) is 2.35. The molecule has 1 saturated carbocycles. The maximum atomic E-state index is 12.5. The van der Waals surface area contributed by atoms with E-state index in [1.807, 2.05) is 22.7 Å². The molecule has 1 aliphatic carbocycles. The molecule has 0 aliphatic heterocycles. The predicted octanol–water partition coefficient (Wildman–Crippen LogP) is 3.25. The number of likely N-dealkylation sites (N-methyl/N-ethyl adjacent to an activating group) is 2. The lowest BCUT2D eigenvalue weighted by atomic mass is 9.82. The third-order valence-electron chi connectivity index (χ3n) is 4.77. The van der Waals surface area contributed by atoms with Gasteiger partial charge in [-0.2, -0.15) is 11.3 Å². The van der Waals surface area contributed by atoms with Crippen molar-refractivity contribution in [2.45, 2.75) is 45.1 Å². The van der Waals surface area contributed by atoms with E-state index in [0.29, 0.717) is 17.5 Å². The van der Waals surface area contributed by atoms with Crippen molar-refractivity contribution in [2.75, 3.05) is 20.6 Å². The quantitative estimate of drug-likeness (QED) is 0.835. The van der Waals surface area contributed by atoms with Crippen LogP contribution in [-0.2, 0) is 4.79 Å². The first-order valence-corrected chi connectivity index (χ1v) is 9.02. The highest BCUT2D eigenvalue weighted by Crippen LogP contribution is 2.30. The van der Waals surface area contributed by atoms with E-state index in [4.69, 9.17) is 0 Å². The Bertz CT molecular complexity index is 501. The van der Waals surface area contributed by atoms with Crippen LogP contribution in [0.1, 0.15) is 49.4 Å². The number of thiophene rings is 1. The Hall–Kier alpha value is -1.36. The summed E-state index contributed by atoms with van der Waals surface area (Å²) in [5.74, 6) is 0.552. The molecule has 0 radical (unpaired) electrons. The maximum Gasteiger partial charge on any atom is 0.254 e. The molecule has 22 heavy (non-hydrogen) atoms. The molecule has 2 amide bonds. The number of hydrogen-bond donors (Lipinski definition) is 0. The first-order chi connectivity index (χ1) is 10.5. The summed E-state index contributed by atoms with van der Waals surface area (Å²) < 4.78 is 0. The van der Waals surface area contributed by atoms with Crippen LogP contribution in [0, 0.1) is 5.92 Å². The van der Waals surface area contributed by atoms with Crippen molar-refractivity contribution in [1.29, 1.82) is 0 Å². The summed E-state index contributed by atoms with van der Waals surface area (Å²) in [7, 11) is 3.59. The van der Waals surface area contributed by atoms with E-state index >= 15 is 0 Å². The molecule has 0 unspecified atom stereocenters. The summed E-state index contributed by atoms with van der Waals surface area (Å²) in [4.78, 5) is 28.1. The molecule has 0 spiro atoms. The van der Waals surface area contributed by atoms with E-state index in [-0.39, 0.29) is 18.4 Å². The fourth-order valence-electron chi connectivity index (χ4n) is 3.35. The van der Waals surface area contributed by atoms with Crippen molar-refractivity contribution >= 4 is 23.2 Å². The first kappa shape index (κ1) is 17.0. The maximum absolute atomic E-state index is 12.5. The second-order valence-corrected chi connectivity index (χ2v) is 6.98. The van der Waals surface area contributed by atoms with Crippen LogP contribution < -0.4 is 0 Å². The summed E-state index contributed by atoms with van der Waals surface area (Å²) in [6, 6.07) is 2.13. The monoisotopic (exact) mass is 322 g/mol. The number of hydrogen-bond acceptors (Lipinski definition) is 3. The van der Waals surface area contributed by atoms with E-state index in [0.717, 1.165) is 12.8 Å². The van der Waals surface area contributed by atoms with Gasteiger partial charge in [0.15, 0.2) is 0 Å². The van der Waals surface area contributed by atoms with Crippen molar-refractivity contribution < 1.29 is 9.59 Å². The van der Waals surface area contributed by atoms with Gasteiger partial charge >= 0.3 is 0 Å². The molecule has 1 aromatic rings. The Morgan fingerprint density at radius 3 is 2.64 bits per heavy atom. The number of carbonyl (C=O) groups excluding carboxylic acids is 2. The van der Waals surface area contributed by atoms with Crippen LogP contribution in [0.2, 0.25) is 0 Å². The van der Waals surface area contributed by atoms with Gasteiger partial charge in [0.25, 0.3) is 5.91 Å². The fraction of sp³-hybridized carbons (Fsp3) is 0.647. The number of nitrogens with zero attached hydrogens (tertiary/aromatic N) is 2. The average molecular weight is 322 g/mol. The molecule has 0 bridgehead atoms. The zero-order valence-corrected chi connectivity index (χ0v) is 14.6. The van der Waals surface area contributed by atoms with E-state index in [2.05, 4.69) is 6.92 Å². The van der Waals surface area contributed by atoms with Crippen LogP contribution in [0.5, 0.6) is 0 Å². The lowest BCUT2D eigenvalue weighted by molar-refractivity contribution is -0.134. The van der Waals surface area contributed by atoms with E-state index < -0.39 is 0 Å². The zero-order chi connectivity index (χ0) is 16.1. The second-order valence-electron chi connectivity index (χ2n) is 6.20. The van der Waals surface area contributed by atoms with Crippen LogP contribution in [0.3, 0.4) is 0 Å². The van der Waals surface area contributed by atoms with Crippen molar-refractivity contribution in [3.8, 4) is 0 Å². The summed E-state index contributed by atoms with van der Waals surface area (Å²) in [5.41, 5.74) is 0.659. The Kier molecular flexibility index (Phi) is 6.00. The lowest BCUT2D eigenvalue weighted by Gasteiger charge is -2.38. The molecule has 5 heteroatoms. The van der Waals surface area contributed by atoms with Gasteiger partial charge < -0.3 is 9.80 Å². The molecule has 2 rings (SSSR count). The molecular formula is C17H26N2O2S. The lowest BCUT2D eigenvalue weighted by Crippen LogP contribution is -2.47. The van der Waals surface area contributed by atoms with Gasteiger partial charge in [-0.1, -0.05) is 26.2 Å². The first-order valence-electron chi connectivity index (χ1n) is 8.08. The van der Waals surface area contributed by atoms with Gasteiger partial charge in [0.05, 0.1) is 12.1 Å². The molecule has 4 nitrogen and oxygen atoms in total. The van der Waals surface area contributed by atoms with Crippen molar-refractivity contribution in [2.24, 2.45) is 5.92 Å². The van der Waals surface area contributed by atoms with E-state index in [1.54, 1.807) is 13.1 Å². The zero-order valence-electron chi connectivity index (χ0n) is 13.7. The highest BCUT2D eigenvalue weighted by Gasteiger charge is 2.30. The van der Waals surface area contributed by atoms with Crippen LogP contribution in [-0.4, -0.2) is 48.3 Å². The molecule has 1 aromatic heterocycles. The average Bonchev–Trinajstić information content (AvgIpc) is 3.07. The fourth-order valence-corrected chi connectivity index (χ4v) is 3.98. The van der Waals surface area contributed by atoms with Crippen molar-refractivity contribution in [3.63, 3.8) is 0 Å². The van der Waals surface area contributed by atoms with Gasteiger partial charge in [-0.15, -0.1) is 0 Å². The van der Waals surface area contributed by atoms with Gasteiger partial charge in [0.1, 0.15) is 0 Å². The minimum atomic E-state index is -0.0846. The molecule has 0 saturated heterocycles. The largest absolute Gasteiger partial charge is 0.341 e. The van der Waals surface area contributed by atoms with Gasteiger partial charge in [-0.25, -0.2) is 0 Å². The molecule has 0 N–H and O–H groups in total. The van der Waals surface area contributed by atoms with Crippen molar-refractivity contribution in [3.05, 3.63) is 22.4 Å². The van der Waals surface area contributed by atoms with Crippen LogP contribution in [0.25, 0.3) is 0 Å². The highest BCUT2D eigenvalue weighted by atomic mass is 32.1. The van der Waals surface area contributed by atoms with Crippen LogP contribution >= 0.6 is 11.3 Å². The SMILES string of the molecule is CC[C@@H]1CCCC[C@@H]1N(C)C(=O)CN(C)C(=O)c1ccsc1. The van der Waals surface area contributed by atoms with Gasteiger partial charge in [-0.3, -0.25) is 9.59 Å². The number of amides is 2. The topological polar surface area (TPSA) is 40.6 Å². The Morgan fingerprint density at radius 1 is 1.27 bits per heavy atom. The molecule has 1 aliphatic rings. The highest BCUT2D eigenvalue weighted by molar-refractivity contribution is 7.08. The molecule has 122 valence electrons. The normalized spacial score (nSPS) is 21.4. The minimum absolute atomic E-state index is 0.0384. The van der Waals surface area contributed by atoms with E-state index in [1.165, 1.54) is 35.5 Å². The molecule has 1 fully saturated rings. The van der Waals surface area contributed by atoms with Crippen LogP contribution in [0.4, 0.5) is 0 Å². The number of rotatable bonds is 5. The molecule has 2 atom stereocenters. The standard InChI is InChI=1S/C17H26N2O2S/c1-4-13-7-5-6-8-15(13)19(3)16(20)11-18(2)17(21)14-9-10-22-12-14/h9-10,12-13,15H,4-8,11H2,1-3H3/t13-,15+/m1/s1. The molecular weight excluding hydrogens is 296 g/mol. The van der Waals surface area contributed by atoms with Crippen LogP contribution in [0.15, 0.2) is 16.8 Å². The predicted molar refractivity (Wildman–Crippen MR) is 90.1 cm³/mol. The number of carbonyl (C=O) groups is 2. The Balaban J connectivity index is 1.94. The summed E-state index contributed by atoms with van der Waals surface area (Å²) in [6.07, 6.45) is 5.88. The third kappa shape index (κ3) is 3.88. The van der Waals surface area contributed by atoms with Gasteiger partial charge in [0, 0.05) is 25.5 Å². The Morgan fingerprint density at radius 2 is 2.00 bits per heavy atom. The van der Waals surface area contributed by atoms with Gasteiger partial charge in [-0.05, 0) is 30.2 Å². The van der Waals surface area contributed by atoms with Gasteiger partial charge in [0.2, 0.25) is 5.91 Å². The third-order valence-corrected chi connectivity index (χ3v) is 5.45. The second kappa shape index (κ2) is 7.77. The smallest absolute Gasteiger partial charge is 0.254 e. The molecule has 1 heterocycles. The summed E-state index contributed by atoms with van der Waals surface area (Å²) >= 11 is 1.49.